The lowest BCUT2D eigenvalue weighted by molar-refractivity contribution is 0.0693. The van der Waals surface area contributed by atoms with Gasteiger partial charge in [0.15, 0.2) is 0 Å². The Balaban J connectivity index is 2.11. The first-order valence-electron chi connectivity index (χ1n) is 7.13. The van der Waals surface area contributed by atoms with E-state index in [1.807, 2.05) is 6.92 Å². The normalized spacial score (nSPS) is 18.9. The van der Waals surface area contributed by atoms with E-state index in [-0.39, 0.29) is 23.4 Å². The number of urea groups is 1. The van der Waals surface area contributed by atoms with Crippen LogP contribution >= 0.6 is 0 Å². The van der Waals surface area contributed by atoms with E-state index in [1.165, 1.54) is 18.2 Å². The lowest BCUT2D eigenvalue weighted by Gasteiger charge is -2.27. The highest BCUT2D eigenvalue weighted by Crippen LogP contribution is 2.23. The molecule has 3 N–H and O–H groups in total. The molecule has 0 aliphatic carbocycles. The molecule has 2 rings (SSSR count). The number of hydrogen-bond donors (Lipinski definition) is 3. The molecule has 0 spiro atoms. The standard InChI is InChI=1S/C15H20N2O4/c1-10-5-3-2-4-8-17(10)15(21)16-11-6-7-13(18)12(9-11)14(19)20/h6-7,9-10,18H,2-5,8H2,1H3,(H,16,21)(H,19,20). The van der Waals surface area contributed by atoms with E-state index in [2.05, 4.69) is 5.32 Å². The van der Waals surface area contributed by atoms with Crippen molar-refractivity contribution in [1.29, 1.82) is 0 Å². The van der Waals surface area contributed by atoms with Crippen molar-refractivity contribution < 1.29 is 19.8 Å². The number of carbonyl (C=O) groups excluding carboxylic acids is 1. The van der Waals surface area contributed by atoms with E-state index >= 15 is 0 Å². The zero-order chi connectivity index (χ0) is 15.4. The first-order chi connectivity index (χ1) is 9.99. The highest BCUT2D eigenvalue weighted by atomic mass is 16.4. The molecule has 0 aromatic heterocycles. The SMILES string of the molecule is CC1CCCCCN1C(=O)Nc1ccc(O)c(C(=O)O)c1. The summed E-state index contributed by atoms with van der Waals surface area (Å²) in [6, 6.07) is 3.96. The molecule has 1 saturated heterocycles. The van der Waals surface area contributed by atoms with Gasteiger partial charge in [-0.15, -0.1) is 0 Å². The number of carbonyl (C=O) groups is 2. The van der Waals surface area contributed by atoms with Crippen molar-refractivity contribution in [2.75, 3.05) is 11.9 Å². The van der Waals surface area contributed by atoms with Crippen LogP contribution in [-0.4, -0.2) is 39.7 Å². The second-order valence-corrected chi connectivity index (χ2v) is 5.36. The Morgan fingerprint density at radius 2 is 2.05 bits per heavy atom. The van der Waals surface area contributed by atoms with Gasteiger partial charge >= 0.3 is 12.0 Å². The number of aromatic carboxylic acids is 1. The van der Waals surface area contributed by atoms with Gasteiger partial charge in [-0.1, -0.05) is 12.8 Å². The van der Waals surface area contributed by atoms with Crippen LogP contribution in [0.3, 0.4) is 0 Å². The summed E-state index contributed by atoms with van der Waals surface area (Å²) >= 11 is 0. The fourth-order valence-electron chi connectivity index (χ4n) is 2.56. The molecular formula is C15H20N2O4. The van der Waals surface area contributed by atoms with Gasteiger partial charge in [0.05, 0.1) is 0 Å². The fraction of sp³-hybridized carbons (Fsp3) is 0.467. The Bertz CT molecular complexity index is 544. The molecule has 6 heteroatoms. The number of amides is 2. The van der Waals surface area contributed by atoms with Gasteiger partial charge < -0.3 is 20.4 Å². The van der Waals surface area contributed by atoms with Crippen LogP contribution in [0.4, 0.5) is 10.5 Å². The first-order valence-corrected chi connectivity index (χ1v) is 7.13. The minimum Gasteiger partial charge on any atom is -0.507 e. The van der Waals surface area contributed by atoms with Crippen LogP contribution in [0.25, 0.3) is 0 Å². The third-order valence-electron chi connectivity index (χ3n) is 3.79. The lowest BCUT2D eigenvalue weighted by Crippen LogP contribution is -2.41. The number of rotatable bonds is 2. The Kier molecular flexibility index (Phi) is 4.67. The molecule has 1 aliphatic heterocycles. The van der Waals surface area contributed by atoms with Gasteiger partial charge in [-0.2, -0.15) is 0 Å². The summed E-state index contributed by atoms with van der Waals surface area (Å²) in [4.78, 5) is 25.1. The van der Waals surface area contributed by atoms with Crippen LogP contribution < -0.4 is 5.32 Å². The number of phenols is 1. The zero-order valence-corrected chi connectivity index (χ0v) is 12.0. The largest absolute Gasteiger partial charge is 0.507 e. The third kappa shape index (κ3) is 3.65. The van der Waals surface area contributed by atoms with Crippen molar-refractivity contribution in [3.8, 4) is 5.75 Å². The van der Waals surface area contributed by atoms with Crippen LogP contribution in [0.1, 0.15) is 43.0 Å². The van der Waals surface area contributed by atoms with Crippen molar-refractivity contribution in [2.24, 2.45) is 0 Å². The van der Waals surface area contributed by atoms with Crippen LogP contribution in [0.5, 0.6) is 5.75 Å². The van der Waals surface area contributed by atoms with E-state index < -0.39 is 5.97 Å². The Morgan fingerprint density at radius 1 is 1.29 bits per heavy atom. The van der Waals surface area contributed by atoms with Gasteiger partial charge in [-0.05, 0) is 38.0 Å². The topological polar surface area (TPSA) is 89.9 Å². The number of likely N-dealkylation sites (tertiary alicyclic amines) is 1. The summed E-state index contributed by atoms with van der Waals surface area (Å²) < 4.78 is 0. The van der Waals surface area contributed by atoms with Crippen molar-refractivity contribution in [3.63, 3.8) is 0 Å². The van der Waals surface area contributed by atoms with Crippen molar-refractivity contribution in [2.45, 2.75) is 38.6 Å². The number of carboxylic acids is 1. The summed E-state index contributed by atoms with van der Waals surface area (Å²) in [5, 5.41) is 21.1. The molecule has 0 radical (unpaired) electrons. The Hall–Kier alpha value is -2.24. The lowest BCUT2D eigenvalue weighted by atomic mass is 10.1. The van der Waals surface area contributed by atoms with Crippen LogP contribution in [-0.2, 0) is 0 Å². The highest BCUT2D eigenvalue weighted by Gasteiger charge is 2.22. The Labute approximate surface area is 123 Å². The summed E-state index contributed by atoms with van der Waals surface area (Å²) in [5.74, 6) is -1.55. The average molecular weight is 292 g/mol. The van der Waals surface area contributed by atoms with Crippen LogP contribution in [0.15, 0.2) is 18.2 Å². The van der Waals surface area contributed by atoms with E-state index in [0.29, 0.717) is 12.2 Å². The molecule has 2 amide bonds. The van der Waals surface area contributed by atoms with Gasteiger partial charge in [0.1, 0.15) is 11.3 Å². The number of carboxylic acid groups (broad SMARTS) is 1. The summed E-state index contributed by atoms with van der Waals surface area (Å²) in [5.41, 5.74) is 0.142. The molecule has 0 saturated carbocycles. The van der Waals surface area contributed by atoms with Crippen LogP contribution in [0, 0.1) is 0 Å². The fourth-order valence-corrected chi connectivity index (χ4v) is 2.56. The van der Waals surface area contributed by atoms with Crippen LogP contribution in [0.2, 0.25) is 0 Å². The second-order valence-electron chi connectivity index (χ2n) is 5.36. The summed E-state index contributed by atoms with van der Waals surface area (Å²) in [6.45, 7) is 2.72. The maximum atomic E-state index is 12.3. The number of aromatic hydroxyl groups is 1. The molecule has 21 heavy (non-hydrogen) atoms. The van der Waals surface area contributed by atoms with E-state index in [1.54, 1.807) is 4.90 Å². The van der Waals surface area contributed by atoms with Crippen molar-refractivity contribution in [1.82, 2.24) is 4.90 Å². The van der Waals surface area contributed by atoms with Crippen molar-refractivity contribution >= 4 is 17.7 Å². The van der Waals surface area contributed by atoms with Gasteiger partial charge in [0.25, 0.3) is 0 Å². The smallest absolute Gasteiger partial charge is 0.339 e. The molecule has 1 aromatic rings. The Morgan fingerprint density at radius 3 is 2.76 bits per heavy atom. The molecule has 1 fully saturated rings. The predicted octanol–water partition coefficient (Wildman–Crippen LogP) is 2.89. The number of nitrogens with one attached hydrogen (secondary N) is 1. The molecule has 1 aromatic carbocycles. The molecule has 114 valence electrons. The molecule has 1 heterocycles. The zero-order valence-electron chi connectivity index (χ0n) is 12.0. The summed E-state index contributed by atoms with van der Waals surface area (Å²) in [6.07, 6.45) is 4.20. The van der Waals surface area contributed by atoms with E-state index in [4.69, 9.17) is 5.11 Å². The van der Waals surface area contributed by atoms with Crippen molar-refractivity contribution in [3.05, 3.63) is 23.8 Å². The number of hydrogen-bond acceptors (Lipinski definition) is 3. The summed E-state index contributed by atoms with van der Waals surface area (Å²) in [7, 11) is 0. The minimum atomic E-state index is -1.23. The van der Waals surface area contributed by atoms with E-state index in [0.717, 1.165) is 25.7 Å². The van der Waals surface area contributed by atoms with Gasteiger partial charge in [0, 0.05) is 18.3 Å². The molecule has 0 bridgehead atoms. The monoisotopic (exact) mass is 292 g/mol. The molecule has 1 aliphatic rings. The quantitative estimate of drug-likeness (QED) is 0.731. The van der Waals surface area contributed by atoms with E-state index in [9.17, 15) is 14.7 Å². The van der Waals surface area contributed by atoms with Gasteiger partial charge in [-0.3, -0.25) is 0 Å². The predicted molar refractivity (Wildman–Crippen MR) is 78.7 cm³/mol. The van der Waals surface area contributed by atoms with Gasteiger partial charge in [-0.25, -0.2) is 9.59 Å². The molecule has 6 nitrogen and oxygen atoms in total. The minimum absolute atomic E-state index is 0.170. The number of nitrogens with zero attached hydrogens (tertiary/aromatic N) is 1. The number of benzene rings is 1. The molecular weight excluding hydrogens is 272 g/mol. The highest BCUT2D eigenvalue weighted by molar-refractivity contribution is 5.95. The molecule has 1 atom stereocenters. The average Bonchev–Trinajstić information content (AvgIpc) is 2.65. The molecule has 1 unspecified atom stereocenters. The third-order valence-corrected chi connectivity index (χ3v) is 3.79. The second kappa shape index (κ2) is 6.47. The van der Waals surface area contributed by atoms with Gasteiger partial charge in [0.2, 0.25) is 0 Å². The maximum absolute atomic E-state index is 12.3. The number of anilines is 1. The first kappa shape index (κ1) is 15.2. The maximum Gasteiger partial charge on any atom is 0.339 e.